The van der Waals surface area contributed by atoms with Gasteiger partial charge in [-0.2, -0.15) is 0 Å². The number of rotatable bonds is 50. The lowest BCUT2D eigenvalue weighted by molar-refractivity contribution is -0.154. The minimum Gasteiger partial charge on any atom is -0.457 e. The number of aliphatic hydroxyl groups is 2. The van der Waals surface area contributed by atoms with E-state index in [-0.39, 0.29) is 13.0 Å². The zero-order valence-electron chi connectivity index (χ0n) is 42.1. The van der Waals surface area contributed by atoms with E-state index < -0.39 is 45.8 Å². The second kappa shape index (κ2) is 52.0. The van der Waals surface area contributed by atoms with Gasteiger partial charge in [0.1, 0.15) is 12.2 Å². The van der Waals surface area contributed by atoms with E-state index in [0.29, 0.717) is 13.0 Å². The number of phosphoric acid groups is 1. The molecule has 0 fully saturated rings. The Morgan fingerprint density at radius 3 is 1.32 bits per heavy atom. The van der Waals surface area contributed by atoms with E-state index in [9.17, 15) is 19.4 Å². The Labute approximate surface area is 405 Å². The first-order chi connectivity index (χ1) is 32.3. The van der Waals surface area contributed by atoms with Crippen LogP contribution < -0.4 is 0 Å². The average Bonchev–Trinajstić information content (AvgIpc) is 3.31. The monoisotopic (exact) mass is 947 g/mol. The molecule has 0 aliphatic carbocycles. The Morgan fingerprint density at radius 2 is 0.864 bits per heavy atom. The highest BCUT2D eigenvalue weighted by Crippen LogP contribution is 2.43. The van der Waals surface area contributed by atoms with Crippen LogP contribution in [0.15, 0.2) is 85.1 Å². The van der Waals surface area contributed by atoms with Gasteiger partial charge in [0.25, 0.3) is 0 Å². The van der Waals surface area contributed by atoms with E-state index in [0.717, 1.165) is 83.5 Å². The van der Waals surface area contributed by atoms with Crippen LogP contribution in [0.25, 0.3) is 0 Å². The quantitative estimate of drug-likeness (QED) is 0.0236. The van der Waals surface area contributed by atoms with Crippen LogP contribution in [0.4, 0.5) is 0 Å². The number of carbonyl (C=O) groups excluding carboxylic acids is 1. The van der Waals surface area contributed by atoms with Gasteiger partial charge in [0.15, 0.2) is 0 Å². The summed E-state index contributed by atoms with van der Waals surface area (Å²) in [5, 5.41) is 18.4. The number of unbranched alkanes of at least 4 members (excludes halogenated alkanes) is 22. The van der Waals surface area contributed by atoms with Crippen molar-refractivity contribution < 1.29 is 43.0 Å². The van der Waals surface area contributed by atoms with Gasteiger partial charge < -0.3 is 24.6 Å². The first-order valence-corrected chi connectivity index (χ1v) is 28.1. The van der Waals surface area contributed by atoms with E-state index in [2.05, 4.69) is 98.9 Å². The lowest BCUT2D eigenvalue weighted by Gasteiger charge is -2.20. The predicted molar refractivity (Wildman–Crippen MR) is 279 cm³/mol. The zero-order valence-corrected chi connectivity index (χ0v) is 43.0. The normalized spacial score (nSPS) is 14.4. The van der Waals surface area contributed by atoms with Gasteiger partial charge in [-0.15, -0.1) is 0 Å². The molecule has 9 nitrogen and oxygen atoms in total. The molecular formula is C56H99O9P. The first-order valence-electron chi connectivity index (χ1n) is 26.6. The third-order valence-electron chi connectivity index (χ3n) is 11.1. The fraction of sp³-hybridized carbons (Fsp3) is 0.732. The van der Waals surface area contributed by atoms with Gasteiger partial charge in [0, 0.05) is 13.0 Å². The topological polar surface area (TPSA) is 132 Å². The van der Waals surface area contributed by atoms with Crippen molar-refractivity contribution in [3.05, 3.63) is 85.1 Å². The predicted octanol–water partition coefficient (Wildman–Crippen LogP) is 15.8. The van der Waals surface area contributed by atoms with Crippen molar-refractivity contribution >= 4 is 13.8 Å². The van der Waals surface area contributed by atoms with Crippen LogP contribution in [-0.4, -0.2) is 66.3 Å². The summed E-state index contributed by atoms with van der Waals surface area (Å²) in [6.07, 6.45) is 65.5. The zero-order chi connectivity index (χ0) is 48.1. The maximum atomic E-state index is 12.7. The largest absolute Gasteiger partial charge is 0.472 e. The fourth-order valence-corrected chi connectivity index (χ4v) is 7.85. The molecule has 3 unspecified atom stereocenters. The van der Waals surface area contributed by atoms with E-state index in [4.69, 9.17) is 23.6 Å². The maximum absolute atomic E-state index is 12.7. The molecule has 382 valence electrons. The highest BCUT2D eigenvalue weighted by Gasteiger charge is 2.26. The molecule has 0 heterocycles. The van der Waals surface area contributed by atoms with Crippen molar-refractivity contribution in [2.75, 3.05) is 33.0 Å². The average molecular weight is 947 g/mol. The molecule has 0 radical (unpaired) electrons. The lowest BCUT2D eigenvalue weighted by atomic mass is 10.1. The Bertz CT molecular complexity index is 1300. The molecule has 0 rings (SSSR count). The van der Waals surface area contributed by atoms with E-state index >= 15 is 0 Å². The van der Waals surface area contributed by atoms with Gasteiger partial charge in [0.2, 0.25) is 0 Å². The van der Waals surface area contributed by atoms with Crippen LogP contribution in [0.2, 0.25) is 0 Å². The number of hydrogen-bond donors (Lipinski definition) is 3. The fourth-order valence-electron chi connectivity index (χ4n) is 7.06. The van der Waals surface area contributed by atoms with Gasteiger partial charge in [-0.3, -0.25) is 13.8 Å². The molecule has 0 aliphatic rings. The number of esters is 1. The van der Waals surface area contributed by atoms with Gasteiger partial charge in [-0.05, 0) is 89.9 Å². The van der Waals surface area contributed by atoms with Gasteiger partial charge in [0.05, 0.1) is 26.4 Å². The van der Waals surface area contributed by atoms with E-state index in [1.807, 2.05) is 0 Å². The molecule has 3 atom stereocenters. The number of aliphatic hydroxyl groups excluding tert-OH is 2. The van der Waals surface area contributed by atoms with Gasteiger partial charge in [-0.1, -0.05) is 208 Å². The molecule has 0 aromatic heterocycles. The van der Waals surface area contributed by atoms with Gasteiger partial charge in [-0.25, -0.2) is 4.57 Å². The third kappa shape index (κ3) is 51.0. The molecule has 0 saturated heterocycles. The smallest absolute Gasteiger partial charge is 0.457 e. The molecule has 0 amide bonds. The summed E-state index contributed by atoms with van der Waals surface area (Å²) in [5.41, 5.74) is 0. The van der Waals surface area contributed by atoms with Crippen molar-refractivity contribution in [3.63, 3.8) is 0 Å². The molecule has 0 saturated carbocycles. The summed E-state index contributed by atoms with van der Waals surface area (Å²) >= 11 is 0. The minimum absolute atomic E-state index is 0.0337. The molecule has 0 aromatic carbocycles. The summed E-state index contributed by atoms with van der Waals surface area (Å²) in [4.78, 5) is 22.7. The molecule has 0 spiro atoms. The summed E-state index contributed by atoms with van der Waals surface area (Å²) in [7, 11) is -4.54. The Morgan fingerprint density at radius 1 is 0.485 bits per heavy atom. The summed E-state index contributed by atoms with van der Waals surface area (Å²) in [5.74, 6) is -0.408. The highest BCUT2D eigenvalue weighted by atomic mass is 31.2. The van der Waals surface area contributed by atoms with Crippen LogP contribution in [-0.2, 0) is 27.9 Å². The van der Waals surface area contributed by atoms with Crippen LogP contribution in [0, 0.1) is 0 Å². The third-order valence-corrected chi connectivity index (χ3v) is 12.0. The standard InChI is InChI=1S/C56H99O9P/c1-3-5-7-9-11-13-15-17-19-21-23-25-27-28-30-32-34-36-38-40-42-44-46-48-56(59)65-55(53-64-66(60,61)63-51-54(58)50-57)52-62-49-47-45-43-41-39-37-35-33-31-29-26-24-22-20-18-16-14-12-10-8-6-4-2/h5,7,11,13,17,19,22-25,28,30,34,36,54-55,57-58H,3-4,6,8-10,12,14-16,18,20-21,26-27,29,31-33,35,37-53H2,1-2H3,(H,60,61)/b7-5-,13-11-,19-17-,24-22-,25-23-,30-28-,36-34-. The second-order valence-electron chi connectivity index (χ2n) is 17.5. The Hall–Kier alpha value is -2.36. The first kappa shape index (κ1) is 63.6. The van der Waals surface area contributed by atoms with Crippen molar-refractivity contribution in [1.82, 2.24) is 0 Å². The summed E-state index contributed by atoms with van der Waals surface area (Å²) in [6.45, 7) is 3.38. The molecule has 10 heteroatoms. The van der Waals surface area contributed by atoms with E-state index in [1.165, 1.54) is 109 Å². The lowest BCUT2D eigenvalue weighted by Crippen LogP contribution is -2.29. The van der Waals surface area contributed by atoms with Crippen LogP contribution >= 0.6 is 7.82 Å². The molecule has 0 bridgehead atoms. The van der Waals surface area contributed by atoms with Crippen molar-refractivity contribution in [2.45, 2.75) is 232 Å². The Balaban J connectivity index is 4.14. The Kier molecular flexibility index (Phi) is 50.2. The van der Waals surface area contributed by atoms with Crippen LogP contribution in [0.5, 0.6) is 0 Å². The molecule has 0 aliphatic heterocycles. The molecule has 0 aromatic rings. The van der Waals surface area contributed by atoms with Crippen LogP contribution in [0.3, 0.4) is 0 Å². The highest BCUT2D eigenvalue weighted by molar-refractivity contribution is 7.47. The number of ether oxygens (including phenoxy) is 2. The van der Waals surface area contributed by atoms with E-state index in [1.54, 1.807) is 0 Å². The summed E-state index contributed by atoms with van der Waals surface area (Å²) in [6, 6.07) is 0. The van der Waals surface area contributed by atoms with Gasteiger partial charge >= 0.3 is 13.8 Å². The van der Waals surface area contributed by atoms with Crippen molar-refractivity contribution in [3.8, 4) is 0 Å². The van der Waals surface area contributed by atoms with Crippen LogP contribution in [0.1, 0.15) is 219 Å². The SMILES string of the molecule is CC/C=C\C/C=C\C/C=C\C/C=C\C/C=C\C/C=C\CCCCCCC(=O)OC(COCCCCCCCCCCCC/C=C\CCCCCCCCCC)COP(=O)(O)OCC(O)CO. The molecule has 66 heavy (non-hydrogen) atoms. The molecule has 3 N–H and O–H groups in total. The summed E-state index contributed by atoms with van der Waals surface area (Å²) < 4.78 is 33.5. The second-order valence-corrected chi connectivity index (χ2v) is 19.0. The number of phosphoric ester groups is 1. The maximum Gasteiger partial charge on any atom is 0.472 e. The minimum atomic E-state index is -4.54. The number of carbonyl (C=O) groups is 1. The van der Waals surface area contributed by atoms with Crippen molar-refractivity contribution in [2.24, 2.45) is 0 Å². The number of allylic oxidation sites excluding steroid dienone is 14. The number of hydrogen-bond acceptors (Lipinski definition) is 8. The van der Waals surface area contributed by atoms with Crippen molar-refractivity contribution in [1.29, 1.82) is 0 Å². The molecular weight excluding hydrogens is 848 g/mol.